The molecule has 0 bridgehead atoms. The highest BCUT2D eigenvalue weighted by molar-refractivity contribution is 6.06. The van der Waals surface area contributed by atoms with Crippen molar-refractivity contribution in [2.45, 2.75) is 19.4 Å². The van der Waals surface area contributed by atoms with Gasteiger partial charge in [0.15, 0.2) is 11.5 Å². The standard InChI is InChI=1S/C19H20N2O4/c1-12(22)21-15-7-5-4-6-13(15)10-16(21)19(23)20-14-8-9-17(24-2)18(11-14)25-3/h4-9,11,16H,10H2,1-3H3,(H,20,23). The fourth-order valence-electron chi connectivity index (χ4n) is 3.12. The van der Waals surface area contributed by atoms with Gasteiger partial charge in [0.05, 0.1) is 14.2 Å². The lowest BCUT2D eigenvalue weighted by Gasteiger charge is -2.23. The number of carbonyl (C=O) groups excluding carboxylic acids is 2. The van der Waals surface area contributed by atoms with Crippen molar-refractivity contribution < 1.29 is 19.1 Å². The van der Waals surface area contributed by atoms with E-state index in [1.165, 1.54) is 14.0 Å². The number of para-hydroxylation sites is 1. The minimum Gasteiger partial charge on any atom is -0.493 e. The van der Waals surface area contributed by atoms with Crippen LogP contribution < -0.4 is 19.7 Å². The number of hydrogen-bond acceptors (Lipinski definition) is 4. The average molecular weight is 340 g/mol. The number of fused-ring (bicyclic) bond motifs is 1. The maximum absolute atomic E-state index is 12.8. The van der Waals surface area contributed by atoms with Crippen LogP contribution in [-0.2, 0) is 16.0 Å². The number of nitrogens with one attached hydrogen (secondary N) is 1. The van der Waals surface area contributed by atoms with Crippen LogP contribution in [0.25, 0.3) is 0 Å². The molecule has 0 radical (unpaired) electrons. The lowest BCUT2D eigenvalue weighted by Crippen LogP contribution is -2.44. The zero-order valence-electron chi connectivity index (χ0n) is 14.4. The third-order valence-corrected chi connectivity index (χ3v) is 4.27. The number of anilines is 2. The minimum absolute atomic E-state index is 0.155. The van der Waals surface area contributed by atoms with Gasteiger partial charge in [-0.2, -0.15) is 0 Å². The summed E-state index contributed by atoms with van der Waals surface area (Å²) in [7, 11) is 3.09. The zero-order chi connectivity index (χ0) is 18.0. The van der Waals surface area contributed by atoms with Crippen LogP contribution in [0.4, 0.5) is 11.4 Å². The third kappa shape index (κ3) is 3.15. The van der Waals surface area contributed by atoms with E-state index in [9.17, 15) is 9.59 Å². The van der Waals surface area contributed by atoms with Crippen LogP contribution in [0.2, 0.25) is 0 Å². The molecule has 1 aliphatic rings. The van der Waals surface area contributed by atoms with Gasteiger partial charge >= 0.3 is 0 Å². The van der Waals surface area contributed by atoms with E-state index in [0.29, 0.717) is 23.6 Å². The Morgan fingerprint density at radius 1 is 1.08 bits per heavy atom. The van der Waals surface area contributed by atoms with Crippen molar-refractivity contribution in [3.63, 3.8) is 0 Å². The number of rotatable bonds is 4. The van der Waals surface area contributed by atoms with Gasteiger partial charge in [-0.05, 0) is 23.8 Å². The first-order valence-corrected chi connectivity index (χ1v) is 7.95. The molecular formula is C19H20N2O4. The minimum atomic E-state index is -0.567. The van der Waals surface area contributed by atoms with E-state index in [0.717, 1.165) is 11.3 Å². The Balaban J connectivity index is 1.83. The van der Waals surface area contributed by atoms with Gasteiger partial charge in [-0.3, -0.25) is 14.5 Å². The summed E-state index contributed by atoms with van der Waals surface area (Å²) < 4.78 is 10.4. The molecule has 1 heterocycles. The van der Waals surface area contributed by atoms with Gasteiger partial charge in [0.1, 0.15) is 6.04 Å². The van der Waals surface area contributed by atoms with Gasteiger partial charge in [0.25, 0.3) is 0 Å². The predicted octanol–water partition coefficient (Wildman–Crippen LogP) is 2.62. The monoisotopic (exact) mass is 340 g/mol. The molecule has 6 nitrogen and oxygen atoms in total. The Kier molecular flexibility index (Phi) is 4.61. The van der Waals surface area contributed by atoms with Crippen LogP contribution in [0.15, 0.2) is 42.5 Å². The molecule has 2 amide bonds. The Bertz CT molecular complexity index is 819. The predicted molar refractivity (Wildman–Crippen MR) is 95.3 cm³/mol. The van der Waals surface area contributed by atoms with E-state index >= 15 is 0 Å². The first-order chi connectivity index (χ1) is 12.0. The van der Waals surface area contributed by atoms with Crippen molar-refractivity contribution >= 4 is 23.2 Å². The molecule has 0 aromatic heterocycles. The quantitative estimate of drug-likeness (QED) is 0.929. The van der Waals surface area contributed by atoms with E-state index in [-0.39, 0.29) is 11.8 Å². The maximum Gasteiger partial charge on any atom is 0.247 e. The zero-order valence-corrected chi connectivity index (χ0v) is 14.4. The van der Waals surface area contributed by atoms with Crippen molar-refractivity contribution in [2.75, 3.05) is 24.4 Å². The van der Waals surface area contributed by atoms with Gasteiger partial charge < -0.3 is 14.8 Å². The summed E-state index contributed by atoms with van der Waals surface area (Å²) in [6.45, 7) is 1.47. The number of benzene rings is 2. The van der Waals surface area contributed by atoms with Gasteiger partial charge in [-0.15, -0.1) is 0 Å². The molecular weight excluding hydrogens is 320 g/mol. The van der Waals surface area contributed by atoms with Gasteiger partial charge in [0, 0.05) is 30.8 Å². The van der Waals surface area contributed by atoms with E-state index < -0.39 is 6.04 Å². The summed E-state index contributed by atoms with van der Waals surface area (Å²) in [6.07, 6.45) is 0.495. The fraction of sp³-hybridized carbons (Fsp3) is 0.263. The fourth-order valence-corrected chi connectivity index (χ4v) is 3.12. The van der Waals surface area contributed by atoms with Crippen molar-refractivity contribution in [1.82, 2.24) is 0 Å². The molecule has 1 N–H and O–H groups in total. The molecule has 0 saturated carbocycles. The lowest BCUT2D eigenvalue weighted by molar-refractivity contribution is -0.122. The second-order valence-corrected chi connectivity index (χ2v) is 5.80. The lowest BCUT2D eigenvalue weighted by atomic mass is 10.1. The molecule has 130 valence electrons. The summed E-state index contributed by atoms with van der Waals surface area (Å²) in [5, 5.41) is 2.86. The molecule has 3 rings (SSSR count). The Morgan fingerprint density at radius 2 is 1.80 bits per heavy atom. The van der Waals surface area contributed by atoms with Crippen LogP contribution in [0.1, 0.15) is 12.5 Å². The topological polar surface area (TPSA) is 67.9 Å². The highest BCUT2D eigenvalue weighted by Crippen LogP contribution is 2.33. The van der Waals surface area contributed by atoms with Crippen LogP contribution >= 0.6 is 0 Å². The summed E-state index contributed by atoms with van der Waals surface area (Å²) in [5.74, 6) is 0.716. The molecule has 2 aromatic rings. The summed E-state index contributed by atoms with van der Waals surface area (Å²) in [4.78, 5) is 26.4. The number of methoxy groups -OCH3 is 2. The number of amides is 2. The molecule has 2 aromatic carbocycles. The molecule has 1 unspecified atom stereocenters. The van der Waals surface area contributed by atoms with Crippen LogP contribution in [0, 0.1) is 0 Å². The number of ether oxygens (including phenoxy) is 2. The molecule has 1 aliphatic heterocycles. The molecule has 0 fully saturated rings. The maximum atomic E-state index is 12.8. The number of nitrogens with zero attached hydrogens (tertiary/aromatic N) is 1. The second-order valence-electron chi connectivity index (χ2n) is 5.80. The SMILES string of the molecule is COc1ccc(NC(=O)C2Cc3ccccc3N2C(C)=O)cc1OC. The van der Waals surface area contributed by atoms with Crippen molar-refractivity contribution in [3.05, 3.63) is 48.0 Å². The van der Waals surface area contributed by atoms with E-state index in [2.05, 4.69) is 5.32 Å². The highest BCUT2D eigenvalue weighted by atomic mass is 16.5. The van der Waals surface area contributed by atoms with Gasteiger partial charge in [0.2, 0.25) is 11.8 Å². The summed E-state index contributed by atoms with van der Waals surface area (Å²) in [5.41, 5.74) is 2.37. The second kappa shape index (κ2) is 6.84. The van der Waals surface area contributed by atoms with Crippen molar-refractivity contribution in [1.29, 1.82) is 0 Å². The van der Waals surface area contributed by atoms with E-state index in [1.807, 2.05) is 24.3 Å². The van der Waals surface area contributed by atoms with Crippen LogP contribution in [-0.4, -0.2) is 32.1 Å². The van der Waals surface area contributed by atoms with Crippen molar-refractivity contribution in [2.24, 2.45) is 0 Å². The molecule has 0 saturated heterocycles. The molecule has 0 spiro atoms. The average Bonchev–Trinajstić information content (AvgIpc) is 3.01. The normalized spacial score (nSPS) is 15.5. The molecule has 0 aliphatic carbocycles. The Hall–Kier alpha value is -3.02. The molecule has 1 atom stereocenters. The van der Waals surface area contributed by atoms with Gasteiger partial charge in [-0.1, -0.05) is 18.2 Å². The van der Waals surface area contributed by atoms with E-state index in [4.69, 9.17) is 9.47 Å². The Morgan fingerprint density at radius 3 is 2.48 bits per heavy atom. The first-order valence-electron chi connectivity index (χ1n) is 7.95. The first kappa shape index (κ1) is 16.8. The highest BCUT2D eigenvalue weighted by Gasteiger charge is 2.36. The number of hydrogen-bond donors (Lipinski definition) is 1. The van der Waals surface area contributed by atoms with E-state index in [1.54, 1.807) is 30.2 Å². The summed E-state index contributed by atoms with van der Waals surface area (Å²) in [6, 6.07) is 12.2. The molecule has 6 heteroatoms. The summed E-state index contributed by atoms with van der Waals surface area (Å²) >= 11 is 0. The third-order valence-electron chi connectivity index (χ3n) is 4.27. The largest absolute Gasteiger partial charge is 0.493 e. The number of carbonyl (C=O) groups is 2. The smallest absolute Gasteiger partial charge is 0.247 e. The van der Waals surface area contributed by atoms with Crippen LogP contribution in [0.5, 0.6) is 11.5 Å². The molecule has 25 heavy (non-hydrogen) atoms. The van der Waals surface area contributed by atoms with Crippen molar-refractivity contribution in [3.8, 4) is 11.5 Å². The Labute approximate surface area is 146 Å². The van der Waals surface area contributed by atoms with Gasteiger partial charge in [-0.25, -0.2) is 0 Å². The van der Waals surface area contributed by atoms with Crippen LogP contribution in [0.3, 0.4) is 0 Å².